The summed E-state index contributed by atoms with van der Waals surface area (Å²) in [5.74, 6) is 0.663. The van der Waals surface area contributed by atoms with E-state index in [2.05, 4.69) is 60.8 Å². The van der Waals surface area contributed by atoms with Gasteiger partial charge in [0.2, 0.25) is 5.56 Å². The first kappa shape index (κ1) is 22.8. The third-order valence-electron chi connectivity index (χ3n) is 5.86. The van der Waals surface area contributed by atoms with E-state index in [0.29, 0.717) is 23.2 Å². The van der Waals surface area contributed by atoms with Crippen molar-refractivity contribution in [3.05, 3.63) is 76.1 Å². The summed E-state index contributed by atoms with van der Waals surface area (Å²) in [6.45, 7) is 11.7. The van der Waals surface area contributed by atoms with E-state index in [1.165, 1.54) is 0 Å². The van der Waals surface area contributed by atoms with E-state index in [0.717, 1.165) is 16.5 Å². The molecule has 3 rings (SSSR count). The maximum atomic E-state index is 12.1. The van der Waals surface area contributed by atoms with Crippen molar-refractivity contribution in [2.45, 2.75) is 51.6 Å². The van der Waals surface area contributed by atoms with Crippen LogP contribution in [0.3, 0.4) is 0 Å². The molecule has 1 atom stereocenters. The van der Waals surface area contributed by atoms with E-state index in [1.54, 1.807) is 6.07 Å². The topological polar surface area (TPSA) is 51.3 Å². The van der Waals surface area contributed by atoms with Crippen molar-refractivity contribution in [3.63, 3.8) is 0 Å². The molecule has 4 nitrogen and oxygen atoms in total. The Hall–Kier alpha value is -1.89. The van der Waals surface area contributed by atoms with Gasteiger partial charge in [-0.1, -0.05) is 73.1 Å². The number of benzene rings is 2. The van der Waals surface area contributed by atoms with Crippen LogP contribution in [0.25, 0.3) is 10.9 Å². The van der Waals surface area contributed by atoms with Gasteiger partial charge in [0, 0.05) is 18.2 Å². The smallest absolute Gasteiger partial charge is 0.248 e. The van der Waals surface area contributed by atoms with Crippen LogP contribution in [0.2, 0.25) is 18.1 Å². The normalized spacial score (nSPS) is 13.4. The maximum absolute atomic E-state index is 12.1. The number of alkyl halides is 1. The summed E-state index contributed by atoms with van der Waals surface area (Å²) in [4.78, 5) is 15.0. The first-order valence-corrected chi connectivity index (χ1v) is 14.2. The van der Waals surface area contributed by atoms with Crippen LogP contribution in [0.4, 0.5) is 0 Å². The zero-order valence-corrected chi connectivity index (χ0v) is 20.9. The zero-order chi connectivity index (χ0) is 21.9. The Morgan fingerprint density at radius 1 is 1.07 bits per heavy atom. The Bertz CT molecular complexity index is 1060. The highest BCUT2D eigenvalue weighted by Gasteiger charge is 2.39. The van der Waals surface area contributed by atoms with Gasteiger partial charge < -0.3 is 14.1 Å². The molecule has 0 amide bonds. The Kier molecular flexibility index (Phi) is 6.90. The van der Waals surface area contributed by atoms with E-state index < -0.39 is 8.32 Å². The second kappa shape index (κ2) is 9.08. The Labute approximate surface area is 189 Å². The molecular weight excluding hydrogens is 458 g/mol. The standard InChI is InChI=1S/C24H30BrNO3Si.H2/c1-24(2,3)30(4,5)29-21(15-25)18-11-13-20(23-19(18)12-14-22(27)26-23)28-16-17-9-7-6-8-10-17;/h6-14,21H,15-16H2,1-5H3,(H,26,27);1H/t21-;/m1./s1. The second-order valence-electron chi connectivity index (χ2n) is 9.06. The van der Waals surface area contributed by atoms with Gasteiger partial charge >= 0.3 is 0 Å². The van der Waals surface area contributed by atoms with Gasteiger partial charge in [-0.3, -0.25) is 4.79 Å². The van der Waals surface area contributed by atoms with E-state index in [-0.39, 0.29) is 18.1 Å². The number of fused-ring (bicyclic) bond motifs is 1. The molecule has 6 heteroatoms. The lowest BCUT2D eigenvalue weighted by molar-refractivity contribution is 0.210. The van der Waals surface area contributed by atoms with Crippen LogP contribution in [0, 0.1) is 0 Å². The number of aromatic amines is 1. The Morgan fingerprint density at radius 2 is 1.77 bits per heavy atom. The van der Waals surface area contributed by atoms with Gasteiger partial charge in [-0.2, -0.15) is 0 Å². The Morgan fingerprint density at radius 3 is 2.40 bits per heavy atom. The summed E-state index contributed by atoms with van der Waals surface area (Å²) < 4.78 is 12.8. The van der Waals surface area contributed by atoms with Crippen molar-refractivity contribution in [1.82, 2.24) is 4.98 Å². The minimum absolute atomic E-state index is 0. The van der Waals surface area contributed by atoms with Crippen molar-refractivity contribution in [2.75, 3.05) is 5.33 Å². The lowest BCUT2D eigenvalue weighted by Crippen LogP contribution is -2.42. The minimum atomic E-state index is -1.98. The molecule has 0 saturated heterocycles. The summed E-state index contributed by atoms with van der Waals surface area (Å²) in [6, 6.07) is 17.4. The molecule has 0 saturated carbocycles. The molecule has 0 bridgehead atoms. The predicted molar refractivity (Wildman–Crippen MR) is 132 cm³/mol. The molecule has 0 aliphatic heterocycles. The summed E-state index contributed by atoms with van der Waals surface area (Å²) in [5, 5.41) is 1.73. The SMILES string of the molecule is CC(C)(C)[Si](C)(C)O[C@H](CBr)c1ccc(OCc2ccccc2)c2[nH]c(=O)ccc12.[HH]. The third kappa shape index (κ3) is 5.05. The van der Waals surface area contributed by atoms with Crippen LogP contribution in [0.15, 0.2) is 59.4 Å². The summed E-state index contributed by atoms with van der Waals surface area (Å²) in [5.41, 5.74) is 2.69. The average Bonchev–Trinajstić information content (AvgIpc) is 2.70. The van der Waals surface area contributed by atoms with Gasteiger partial charge in [-0.05, 0) is 41.4 Å². The molecule has 1 heterocycles. The highest BCUT2D eigenvalue weighted by atomic mass is 79.9. The van der Waals surface area contributed by atoms with Crippen molar-refractivity contribution >= 4 is 35.2 Å². The fourth-order valence-electron chi connectivity index (χ4n) is 3.09. The summed E-state index contributed by atoms with van der Waals surface area (Å²) >= 11 is 3.65. The fraction of sp³-hybridized carbons (Fsp3) is 0.375. The predicted octanol–water partition coefficient (Wildman–Crippen LogP) is 6.81. The molecule has 0 aliphatic carbocycles. The first-order valence-electron chi connectivity index (χ1n) is 10.2. The summed E-state index contributed by atoms with van der Waals surface area (Å²) in [6.07, 6.45) is -0.109. The van der Waals surface area contributed by atoms with Crippen LogP contribution in [-0.2, 0) is 11.0 Å². The number of halogens is 1. The van der Waals surface area contributed by atoms with E-state index in [9.17, 15) is 4.79 Å². The highest BCUT2D eigenvalue weighted by molar-refractivity contribution is 9.09. The molecule has 1 N–H and O–H groups in total. The molecule has 0 unspecified atom stereocenters. The van der Waals surface area contributed by atoms with Crippen molar-refractivity contribution in [3.8, 4) is 5.75 Å². The number of rotatable bonds is 7. The van der Waals surface area contributed by atoms with Crippen molar-refractivity contribution in [2.24, 2.45) is 0 Å². The molecular formula is C24H32BrNO3Si. The minimum Gasteiger partial charge on any atom is -0.487 e. The molecule has 162 valence electrons. The second-order valence-corrected chi connectivity index (χ2v) is 14.5. The molecule has 3 aromatic rings. The highest BCUT2D eigenvalue weighted by Crippen LogP contribution is 2.41. The first-order chi connectivity index (χ1) is 14.1. The fourth-order valence-corrected chi connectivity index (χ4v) is 5.10. The number of ether oxygens (including phenoxy) is 1. The molecule has 0 radical (unpaired) electrons. The van der Waals surface area contributed by atoms with Crippen LogP contribution in [0.5, 0.6) is 5.75 Å². The number of aromatic nitrogens is 1. The quantitative estimate of drug-likeness (QED) is 0.292. The number of hydrogen-bond acceptors (Lipinski definition) is 3. The largest absolute Gasteiger partial charge is 0.487 e. The third-order valence-corrected chi connectivity index (χ3v) is 10.9. The van der Waals surface area contributed by atoms with Crippen molar-refractivity contribution in [1.29, 1.82) is 0 Å². The summed E-state index contributed by atoms with van der Waals surface area (Å²) in [7, 11) is -1.98. The van der Waals surface area contributed by atoms with E-state index in [4.69, 9.17) is 9.16 Å². The molecule has 0 spiro atoms. The number of H-pyrrole nitrogens is 1. The number of pyridine rings is 1. The lowest BCUT2D eigenvalue weighted by atomic mass is 10.0. The monoisotopic (exact) mass is 489 g/mol. The molecule has 1 aromatic heterocycles. The van der Waals surface area contributed by atoms with Gasteiger partial charge in [0.05, 0.1) is 11.6 Å². The molecule has 0 aliphatic rings. The molecule has 0 fully saturated rings. The average molecular weight is 491 g/mol. The maximum Gasteiger partial charge on any atom is 0.248 e. The van der Waals surface area contributed by atoms with Gasteiger partial charge in [-0.25, -0.2) is 0 Å². The van der Waals surface area contributed by atoms with Crippen LogP contribution < -0.4 is 10.3 Å². The van der Waals surface area contributed by atoms with Gasteiger partial charge in [0.25, 0.3) is 0 Å². The van der Waals surface area contributed by atoms with Crippen LogP contribution in [-0.4, -0.2) is 18.6 Å². The van der Waals surface area contributed by atoms with Crippen LogP contribution >= 0.6 is 15.9 Å². The van der Waals surface area contributed by atoms with Gasteiger partial charge in [0.15, 0.2) is 8.32 Å². The van der Waals surface area contributed by atoms with E-state index >= 15 is 0 Å². The van der Waals surface area contributed by atoms with Gasteiger partial charge in [0.1, 0.15) is 12.4 Å². The molecule has 2 aromatic carbocycles. The van der Waals surface area contributed by atoms with Gasteiger partial charge in [-0.15, -0.1) is 0 Å². The lowest BCUT2D eigenvalue weighted by Gasteiger charge is -2.39. The number of nitrogens with one attached hydrogen (secondary N) is 1. The molecule has 30 heavy (non-hydrogen) atoms. The van der Waals surface area contributed by atoms with Crippen LogP contribution in [0.1, 0.15) is 39.4 Å². The zero-order valence-electron chi connectivity index (χ0n) is 18.3. The van der Waals surface area contributed by atoms with Crippen molar-refractivity contribution < 1.29 is 10.6 Å². The van der Waals surface area contributed by atoms with E-state index in [1.807, 2.05) is 42.5 Å². The number of hydrogen-bond donors (Lipinski definition) is 1. The Balaban J connectivity index is 0.00000341.